The van der Waals surface area contributed by atoms with E-state index in [4.69, 9.17) is 5.26 Å². The Hall–Kier alpha value is -1.24. The Morgan fingerprint density at radius 2 is 1.76 bits per heavy atom. The van der Waals surface area contributed by atoms with Gasteiger partial charge in [-0.3, -0.25) is 0 Å². The summed E-state index contributed by atoms with van der Waals surface area (Å²) in [6.07, 6.45) is 8.83. The molecule has 4 heteroatoms. The van der Waals surface area contributed by atoms with Gasteiger partial charge in [-0.25, -0.2) is 4.79 Å². The van der Waals surface area contributed by atoms with Gasteiger partial charge in [-0.2, -0.15) is 5.26 Å². The van der Waals surface area contributed by atoms with E-state index in [-0.39, 0.29) is 18.0 Å². The third-order valence-electron chi connectivity index (χ3n) is 3.94. The molecule has 0 radical (unpaired) electrons. The number of rotatable bonds is 2. The Balaban J connectivity index is 1.75. The van der Waals surface area contributed by atoms with Crippen LogP contribution in [0.5, 0.6) is 0 Å². The van der Waals surface area contributed by atoms with Crippen molar-refractivity contribution in [3.8, 4) is 6.07 Å². The summed E-state index contributed by atoms with van der Waals surface area (Å²) in [7, 11) is 0. The van der Waals surface area contributed by atoms with E-state index in [9.17, 15) is 4.79 Å². The highest BCUT2D eigenvalue weighted by atomic mass is 16.2. The van der Waals surface area contributed by atoms with Crippen LogP contribution >= 0.6 is 0 Å². The number of carbonyl (C=O) groups excluding carboxylic acids is 1. The Labute approximate surface area is 103 Å². The minimum absolute atomic E-state index is 0.00658. The molecule has 2 aliphatic rings. The van der Waals surface area contributed by atoms with Crippen LogP contribution in [-0.2, 0) is 0 Å². The van der Waals surface area contributed by atoms with E-state index in [0.717, 1.165) is 32.1 Å². The van der Waals surface area contributed by atoms with E-state index in [0.29, 0.717) is 6.04 Å². The molecule has 2 fully saturated rings. The zero-order valence-electron chi connectivity index (χ0n) is 10.2. The van der Waals surface area contributed by atoms with E-state index in [1.54, 1.807) is 0 Å². The molecule has 17 heavy (non-hydrogen) atoms. The summed E-state index contributed by atoms with van der Waals surface area (Å²) in [5.41, 5.74) is 0. The monoisotopic (exact) mass is 235 g/mol. The molecule has 2 aliphatic carbocycles. The van der Waals surface area contributed by atoms with E-state index in [1.807, 2.05) is 0 Å². The van der Waals surface area contributed by atoms with Gasteiger partial charge in [0.1, 0.15) is 0 Å². The van der Waals surface area contributed by atoms with Crippen LogP contribution in [0.15, 0.2) is 0 Å². The quantitative estimate of drug-likeness (QED) is 0.771. The zero-order chi connectivity index (χ0) is 12.1. The van der Waals surface area contributed by atoms with Crippen molar-refractivity contribution in [2.45, 2.75) is 63.5 Å². The number of nitrogens with one attached hydrogen (secondary N) is 2. The third kappa shape index (κ3) is 3.36. The van der Waals surface area contributed by atoms with Gasteiger partial charge in [-0.05, 0) is 32.1 Å². The zero-order valence-corrected chi connectivity index (χ0v) is 10.2. The maximum Gasteiger partial charge on any atom is 0.315 e. The molecule has 2 N–H and O–H groups in total. The molecule has 0 aliphatic heterocycles. The Bertz CT molecular complexity index is 304. The van der Waals surface area contributed by atoms with Crippen LogP contribution in [-0.4, -0.2) is 18.1 Å². The first-order valence-corrected chi connectivity index (χ1v) is 6.76. The van der Waals surface area contributed by atoms with Gasteiger partial charge in [0.15, 0.2) is 0 Å². The molecule has 94 valence electrons. The Morgan fingerprint density at radius 3 is 2.47 bits per heavy atom. The smallest absolute Gasteiger partial charge is 0.315 e. The number of carbonyl (C=O) groups is 1. The molecule has 0 bridgehead atoms. The number of nitrogens with zero attached hydrogens (tertiary/aromatic N) is 1. The molecule has 0 spiro atoms. The highest BCUT2D eigenvalue weighted by Crippen LogP contribution is 2.24. The van der Waals surface area contributed by atoms with E-state index >= 15 is 0 Å². The first-order chi connectivity index (χ1) is 8.29. The van der Waals surface area contributed by atoms with Crippen LogP contribution in [0.25, 0.3) is 0 Å². The number of amides is 2. The molecule has 0 saturated heterocycles. The van der Waals surface area contributed by atoms with Crippen molar-refractivity contribution in [2.75, 3.05) is 0 Å². The maximum absolute atomic E-state index is 11.8. The van der Waals surface area contributed by atoms with Crippen LogP contribution < -0.4 is 10.6 Å². The van der Waals surface area contributed by atoms with Gasteiger partial charge >= 0.3 is 6.03 Å². The molecule has 2 amide bonds. The molecule has 0 heterocycles. The minimum Gasteiger partial charge on any atom is -0.335 e. The summed E-state index contributed by atoms with van der Waals surface area (Å²) in [5.74, 6) is 0.00658. The van der Waals surface area contributed by atoms with Gasteiger partial charge in [0.2, 0.25) is 0 Å². The Morgan fingerprint density at radius 1 is 1.00 bits per heavy atom. The fourth-order valence-electron chi connectivity index (χ4n) is 2.93. The average molecular weight is 235 g/mol. The lowest BCUT2D eigenvalue weighted by atomic mass is 9.96. The van der Waals surface area contributed by atoms with Gasteiger partial charge in [-0.15, -0.1) is 0 Å². The van der Waals surface area contributed by atoms with Gasteiger partial charge in [0.05, 0.1) is 12.0 Å². The number of nitriles is 1. The maximum atomic E-state index is 11.8. The van der Waals surface area contributed by atoms with Gasteiger partial charge in [0.25, 0.3) is 0 Å². The summed E-state index contributed by atoms with van der Waals surface area (Å²) in [4.78, 5) is 11.8. The highest BCUT2D eigenvalue weighted by Gasteiger charge is 2.28. The summed E-state index contributed by atoms with van der Waals surface area (Å²) in [6.45, 7) is 0. The summed E-state index contributed by atoms with van der Waals surface area (Å²) >= 11 is 0. The number of hydrogen-bond acceptors (Lipinski definition) is 2. The molecule has 2 rings (SSSR count). The lowest BCUT2D eigenvalue weighted by Crippen LogP contribution is -2.47. The molecular weight excluding hydrogens is 214 g/mol. The number of urea groups is 1. The molecule has 0 aromatic carbocycles. The van der Waals surface area contributed by atoms with Crippen molar-refractivity contribution in [1.29, 1.82) is 5.26 Å². The van der Waals surface area contributed by atoms with Crippen LogP contribution in [0.4, 0.5) is 4.79 Å². The van der Waals surface area contributed by atoms with Crippen molar-refractivity contribution in [3.63, 3.8) is 0 Å². The fraction of sp³-hybridized carbons (Fsp3) is 0.846. The summed E-state index contributed by atoms with van der Waals surface area (Å²) in [5, 5.41) is 14.9. The largest absolute Gasteiger partial charge is 0.335 e. The lowest BCUT2D eigenvalue weighted by molar-refractivity contribution is 0.227. The second-order valence-corrected chi connectivity index (χ2v) is 5.23. The number of hydrogen-bond donors (Lipinski definition) is 2. The fourth-order valence-corrected chi connectivity index (χ4v) is 2.93. The first-order valence-electron chi connectivity index (χ1n) is 6.76. The van der Waals surface area contributed by atoms with E-state index in [2.05, 4.69) is 16.7 Å². The molecule has 4 nitrogen and oxygen atoms in total. The van der Waals surface area contributed by atoms with E-state index in [1.165, 1.54) is 19.3 Å². The third-order valence-corrected chi connectivity index (χ3v) is 3.94. The lowest BCUT2D eigenvalue weighted by Gasteiger charge is -2.24. The molecule has 2 saturated carbocycles. The standard InChI is InChI=1S/C13H21N3O/c14-9-10-5-4-8-12(10)16-13(17)15-11-6-2-1-3-7-11/h10-12H,1-8H2,(H2,15,16,17). The molecule has 0 aromatic rings. The van der Waals surface area contributed by atoms with Crippen molar-refractivity contribution >= 4 is 6.03 Å². The molecule has 2 atom stereocenters. The van der Waals surface area contributed by atoms with Crippen LogP contribution in [0.1, 0.15) is 51.4 Å². The average Bonchev–Trinajstić information content (AvgIpc) is 2.77. The highest BCUT2D eigenvalue weighted by molar-refractivity contribution is 5.74. The van der Waals surface area contributed by atoms with Crippen LogP contribution in [0, 0.1) is 17.2 Å². The topological polar surface area (TPSA) is 64.9 Å². The second kappa shape index (κ2) is 5.90. The summed E-state index contributed by atoms with van der Waals surface area (Å²) in [6, 6.07) is 2.60. The van der Waals surface area contributed by atoms with Gasteiger partial charge in [0, 0.05) is 12.1 Å². The molecule has 2 unspecified atom stereocenters. The van der Waals surface area contributed by atoms with Crippen molar-refractivity contribution in [2.24, 2.45) is 5.92 Å². The predicted molar refractivity (Wildman–Crippen MR) is 65.3 cm³/mol. The van der Waals surface area contributed by atoms with Crippen molar-refractivity contribution in [3.05, 3.63) is 0 Å². The first kappa shape index (κ1) is 12.2. The van der Waals surface area contributed by atoms with E-state index < -0.39 is 0 Å². The van der Waals surface area contributed by atoms with Gasteiger partial charge < -0.3 is 10.6 Å². The Kier molecular flexibility index (Phi) is 4.24. The van der Waals surface area contributed by atoms with Crippen molar-refractivity contribution in [1.82, 2.24) is 10.6 Å². The van der Waals surface area contributed by atoms with Crippen LogP contribution in [0.2, 0.25) is 0 Å². The predicted octanol–water partition coefficient (Wildman–Crippen LogP) is 2.31. The van der Waals surface area contributed by atoms with Gasteiger partial charge in [-0.1, -0.05) is 19.3 Å². The normalized spacial score (nSPS) is 29.6. The van der Waals surface area contributed by atoms with Crippen LogP contribution in [0.3, 0.4) is 0 Å². The SMILES string of the molecule is N#CC1CCCC1NC(=O)NC1CCCCC1. The molecular formula is C13H21N3O. The minimum atomic E-state index is -0.0796. The molecule has 0 aromatic heterocycles. The summed E-state index contributed by atoms with van der Waals surface area (Å²) < 4.78 is 0. The van der Waals surface area contributed by atoms with Crippen molar-refractivity contribution < 1.29 is 4.79 Å². The second-order valence-electron chi connectivity index (χ2n) is 5.23.